The van der Waals surface area contributed by atoms with Crippen molar-refractivity contribution in [3.63, 3.8) is 0 Å². The molecular weight excluding hydrogens is 206 g/mol. The van der Waals surface area contributed by atoms with Crippen molar-refractivity contribution in [2.24, 2.45) is 0 Å². The second-order valence-corrected chi connectivity index (χ2v) is 4.94. The highest BCUT2D eigenvalue weighted by Gasteiger charge is 2.27. The van der Waals surface area contributed by atoms with Crippen LogP contribution in [0, 0.1) is 0 Å². The zero-order valence-corrected chi connectivity index (χ0v) is 9.24. The standard InChI is InChI=1S/C8H12NO2S2/c1-3-4-8(2,10)6-5-9-7(12-6)13-11/h5,10H,3-4H2,1-2H3/q+1. The van der Waals surface area contributed by atoms with Crippen LogP contribution in [-0.4, -0.2) is 10.1 Å². The molecule has 0 aromatic carbocycles. The molecule has 1 heterocycles. The van der Waals surface area contributed by atoms with Crippen molar-refractivity contribution in [2.75, 3.05) is 0 Å². The van der Waals surface area contributed by atoms with Crippen molar-refractivity contribution in [1.82, 2.24) is 4.98 Å². The van der Waals surface area contributed by atoms with E-state index < -0.39 is 5.60 Å². The molecule has 0 saturated carbocycles. The average molecular weight is 218 g/mol. The number of thiazole rings is 1. The Labute approximate surface area is 85.3 Å². The third-order valence-electron chi connectivity index (χ3n) is 1.82. The summed E-state index contributed by atoms with van der Waals surface area (Å²) in [4.78, 5) is 4.66. The monoisotopic (exact) mass is 218 g/mol. The van der Waals surface area contributed by atoms with Crippen LogP contribution in [0.25, 0.3) is 0 Å². The van der Waals surface area contributed by atoms with Gasteiger partial charge in [-0.3, -0.25) is 0 Å². The molecule has 0 spiro atoms. The van der Waals surface area contributed by atoms with Crippen molar-refractivity contribution < 1.29 is 9.32 Å². The van der Waals surface area contributed by atoms with E-state index in [-0.39, 0.29) is 0 Å². The van der Waals surface area contributed by atoms with E-state index in [1.165, 1.54) is 11.3 Å². The molecule has 1 atom stereocenters. The van der Waals surface area contributed by atoms with E-state index in [0.29, 0.717) is 22.4 Å². The molecule has 0 amide bonds. The number of hydrogen-bond acceptors (Lipinski definition) is 4. The molecule has 1 unspecified atom stereocenters. The minimum Gasteiger partial charge on any atom is -0.385 e. The Kier molecular flexibility index (Phi) is 3.47. The molecule has 1 rings (SSSR count). The van der Waals surface area contributed by atoms with Crippen molar-refractivity contribution >= 4 is 23.0 Å². The minimum absolute atomic E-state index is 0.370. The maximum atomic E-state index is 10.4. The zero-order chi connectivity index (χ0) is 9.90. The molecular formula is C8H12NO2S2+. The fourth-order valence-corrected chi connectivity index (χ4v) is 2.38. The Bertz CT molecular complexity index is 296. The van der Waals surface area contributed by atoms with E-state index in [1.54, 1.807) is 13.1 Å². The lowest BCUT2D eigenvalue weighted by Gasteiger charge is -2.19. The largest absolute Gasteiger partial charge is 0.539 e. The first kappa shape index (κ1) is 10.7. The first-order valence-electron chi connectivity index (χ1n) is 4.08. The van der Waals surface area contributed by atoms with Crippen molar-refractivity contribution in [1.29, 1.82) is 0 Å². The summed E-state index contributed by atoms with van der Waals surface area (Å²) >= 11 is 1.64. The Hall–Kier alpha value is -0.390. The summed E-state index contributed by atoms with van der Waals surface area (Å²) in [6, 6.07) is 0. The Balaban J connectivity index is 2.86. The predicted molar refractivity (Wildman–Crippen MR) is 52.9 cm³/mol. The minimum atomic E-state index is -0.833. The zero-order valence-electron chi connectivity index (χ0n) is 7.61. The molecule has 0 fully saturated rings. The van der Waals surface area contributed by atoms with Gasteiger partial charge >= 0.3 is 16.0 Å². The van der Waals surface area contributed by atoms with Crippen LogP contribution in [0.4, 0.5) is 0 Å². The van der Waals surface area contributed by atoms with Crippen molar-refractivity contribution in [3.8, 4) is 0 Å². The van der Waals surface area contributed by atoms with E-state index in [4.69, 9.17) is 0 Å². The molecule has 72 valence electrons. The second kappa shape index (κ2) is 4.21. The van der Waals surface area contributed by atoms with Gasteiger partial charge in [0.15, 0.2) is 0 Å². The molecule has 0 aliphatic heterocycles. The number of aromatic nitrogens is 1. The third-order valence-corrected chi connectivity index (χ3v) is 3.57. The van der Waals surface area contributed by atoms with Crippen LogP contribution in [0.15, 0.2) is 10.5 Å². The van der Waals surface area contributed by atoms with Crippen LogP contribution < -0.4 is 0 Å². The van der Waals surface area contributed by atoms with Crippen LogP contribution >= 0.6 is 11.3 Å². The number of aliphatic hydroxyl groups is 1. The van der Waals surface area contributed by atoms with Gasteiger partial charge in [-0.15, -0.1) is 0 Å². The molecule has 0 bridgehead atoms. The van der Waals surface area contributed by atoms with Gasteiger partial charge in [-0.2, -0.15) is 4.98 Å². The van der Waals surface area contributed by atoms with Gasteiger partial charge in [0, 0.05) is 4.21 Å². The Morgan fingerprint density at radius 2 is 2.46 bits per heavy atom. The van der Waals surface area contributed by atoms with Gasteiger partial charge in [0.05, 0.1) is 16.7 Å². The van der Waals surface area contributed by atoms with Gasteiger partial charge in [0.1, 0.15) is 0 Å². The maximum absolute atomic E-state index is 10.4. The van der Waals surface area contributed by atoms with Crippen LogP contribution in [0.5, 0.6) is 0 Å². The summed E-state index contributed by atoms with van der Waals surface area (Å²) < 4.78 is 10.9. The normalized spacial score (nSPS) is 15.3. The Morgan fingerprint density at radius 1 is 1.77 bits per heavy atom. The summed E-state index contributed by atoms with van der Waals surface area (Å²) in [6.07, 6.45) is 3.18. The highest BCUT2D eigenvalue weighted by molar-refractivity contribution is 7.68. The molecule has 0 aliphatic rings. The molecule has 5 heteroatoms. The lowest BCUT2D eigenvalue weighted by molar-refractivity contribution is 0.0505. The molecule has 1 aromatic heterocycles. The molecule has 1 aromatic rings. The first-order chi connectivity index (χ1) is 6.10. The van der Waals surface area contributed by atoms with Gasteiger partial charge in [-0.05, 0) is 13.3 Å². The number of hydrogen-bond donors (Lipinski definition) is 1. The van der Waals surface area contributed by atoms with Gasteiger partial charge in [0.2, 0.25) is 0 Å². The van der Waals surface area contributed by atoms with E-state index in [9.17, 15) is 9.32 Å². The molecule has 13 heavy (non-hydrogen) atoms. The first-order valence-corrected chi connectivity index (χ1v) is 5.64. The molecule has 0 saturated heterocycles. The van der Waals surface area contributed by atoms with E-state index in [1.807, 2.05) is 6.92 Å². The number of rotatable bonds is 4. The third kappa shape index (κ3) is 2.52. The number of nitrogens with zero attached hydrogens (tertiary/aromatic N) is 1. The van der Waals surface area contributed by atoms with Crippen LogP contribution in [0.1, 0.15) is 31.6 Å². The quantitative estimate of drug-likeness (QED) is 0.786. The van der Waals surface area contributed by atoms with E-state index in [2.05, 4.69) is 4.98 Å². The summed E-state index contributed by atoms with van der Waals surface area (Å²) in [5.41, 5.74) is -0.833. The lowest BCUT2D eigenvalue weighted by atomic mass is 10.00. The SMILES string of the molecule is CCCC(C)(O)c1cnc([S+]=O)s1. The summed E-state index contributed by atoms with van der Waals surface area (Å²) in [7, 11) is 0. The topological polar surface area (TPSA) is 50.2 Å². The van der Waals surface area contributed by atoms with Crippen LogP contribution in [0.2, 0.25) is 0 Å². The highest BCUT2D eigenvalue weighted by atomic mass is 32.2. The van der Waals surface area contributed by atoms with Gasteiger partial charge in [0.25, 0.3) is 0 Å². The van der Waals surface area contributed by atoms with Gasteiger partial charge in [-0.1, -0.05) is 24.7 Å². The van der Waals surface area contributed by atoms with Crippen molar-refractivity contribution in [3.05, 3.63) is 11.1 Å². The van der Waals surface area contributed by atoms with Gasteiger partial charge < -0.3 is 5.11 Å². The fraction of sp³-hybridized carbons (Fsp3) is 0.625. The maximum Gasteiger partial charge on any atom is 0.539 e. The molecule has 3 nitrogen and oxygen atoms in total. The van der Waals surface area contributed by atoms with Crippen LogP contribution in [-0.2, 0) is 21.5 Å². The van der Waals surface area contributed by atoms with E-state index in [0.717, 1.165) is 11.3 Å². The highest BCUT2D eigenvalue weighted by Crippen LogP contribution is 2.30. The fourth-order valence-electron chi connectivity index (χ4n) is 1.16. The van der Waals surface area contributed by atoms with E-state index >= 15 is 0 Å². The summed E-state index contributed by atoms with van der Waals surface area (Å²) in [5, 5.41) is 9.95. The predicted octanol–water partition coefficient (Wildman–Crippen LogP) is 1.94. The summed E-state index contributed by atoms with van der Waals surface area (Å²) in [5.74, 6) is 0. The van der Waals surface area contributed by atoms with Gasteiger partial charge in [-0.25, -0.2) is 0 Å². The molecule has 1 N–H and O–H groups in total. The second-order valence-electron chi connectivity index (χ2n) is 3.10. The van der Waals surface area contributed by atoms with Crippen LogP contribution in [0.3, 0.4) is 0 Å². The van der Waals surface area contributed by atoms with Crippen molar-refractivity contribution in [2.45, 2.75) is 36.6 Å². The molecule has 0 aliphatic carbocycles. The average Bonchev–Trinajstić information content (AvgIpc) is 2.52. The molecule has 0 radical (unpaired) electrons. The lowest BCUT2D eigenvalue weighted by Crippen LogP contribution is -2.18. The Morgan fingerprint density at radius 3 is 2.92 bits per heavy atom. The summed E-state index contributed by atoms with van der Waals surface area (Å²) in [6.45, 7) is 3.77. The smallest absolute Gasteiger partial charge is 0.385 e.